The first-order valence-electron chi connectivity index (χ1n) is 8.82. The van der Waals surface area contributed by atoms with Gasteiger partial charge in [0.05, 0.1) is 32.3 Å². The monoisotopic (exact) mass is 363 g/mol. The minimum Gasteiger partial charge on any atom is -0.497 e. The first-order valence-corrected chi connectivity index (χ1v) is 8.82. The second-order valence-corrected chi connectivity index (χ2v) is 6.54. The first-order chi connectivity index (χ1) is 13.2. The summed E-state index contributed by atoms with van der Waals surface area (Å²) in [6, 6.07) is 15.6. The standard InChI is InChI=1S/C21H21N3O3/c1-14-10-16(26-2)8-9-17(14)23-21(25)20-18-12-27-19(11-24(18)13-22-20)15-6-4-3-5-7-15/h3-10,13,19H,11-12H2,1-2H3,(H,23,25). The maximum absolute atomic E-state index is 12.7. The highest BCUT2D eigenvalue weighted by Gasteiger charge is 2.26. The van der Waals surface area contributed by atoms with E-state index in [9.17, 15) is 4.79 Å². The summed E-state index contributed by atoms with van der Waals surface area (Å²) in [5.74, 6) is 0.518. The molecule has 3 aromatic rings. The summed E-state index contributed by atoms with van der Waals surface area (Å²) in [5, 5.41) is 2.93. The van der Waals surface area contributed by atoms with Gasteiger partial charge in [-0.2, -0.15) is 0 Å². The van der Waals surface area contributed by atoms with Crippen molar-refractivity contribution in [1.29, 1.82) is 0 Å². The second-order valence-electron chi connectivity index (χ2n) is 6.54. The molecule has 0 radical (unpaired) electrons. The molecule has 1 unspecified atom stereocenters. The largest absolute Gasteiger partial charge is 0.497 e. The molecule has 0 spiro atoms. The number of nitrogens with zero attached hydrogens (tertiary/aromatic N) is 2. The number of carbonyl (C=O) groups excluding carboxylic acids is 1. The fraction of sp³-hybridized carbons (Fsp3) is 0.238. The van der Waals surface area contributed by atoms with E-state index in [-0.39, 0.29) is 12.0 Å². The molecule has 1 amide bonds. The summed E-state index contributed by atoms with van der Waals surface area (Å²) in [6.45, 7) is 2.92. The maximum atomic E-state index is 12.7. The zero-order valence-electron chi connectivity index (χ0n) is 15.3. The van der Waals surface area contributed by atoms with E-state index in [4.69, 9.17) is 9.47 Å². The van der Waals surface area contributed by atoms with Crippen LogP contribution in [-0.2, 0) is 17.9 Å². The summed E-state index contributed by atoms with van der Waals surface area (Å²) < 4.78 is 13.2. The molecule has 0 saturated heterocycles. The van der Waals surface area contributed by atoms with Gasteiger partial charge in [0.25, 0.3) is 5.91 Å². The lowest BCUT2D eigenvalue weighted by molar-refractivity contribution is 0.00265. The number of amides is 1. The predicted molar refractivity (Wildman–Crippen MR) is 102 cm³/mol. The Morgan fingerprint density at radius 2 is 2.07 bits per heavy atom. The third kappa shape index (κ3) is 3.44. The molecular weight excluding hydrogens is 342 g/mol. The van der Waals surface area contributed by atoms with Gasteiger partial charge < -0.3 is 19.4 Å². The molecule has 0 fully saturated rings. The SMILES string of the molecule is COc1ccc(NC(=O)c2ncn3c2COC(c2ccccc2)C3)c(C)c1. The Bertz CT molecular complexity index is 966. The summed E-state index contributed by atoms with van der Waals surface area (Å²) in [7, 11) is 1.62. The Hall–Kier alpha value is -3.12. The van der Waals surface area contributed by atoms with Crippen LogP contribution in [0.25, 0.3) is 0 Å². The molecule has 6 nitrogen and oxygen atoms in total. The topological polar surface area (TPSA) is 65.4 Å². The van der Waals surface area contributed by atoms with E-state index in [0.717, 1.165) is 28.3 Å². The van der Waals surface area contributed by atoms with Gasteiger partial charge in [-0.1, -0.05) is 30.3 Å². The minimum absolute atomic E-state index is 0.0346. The van der Waals surface area contributed by atoms with E-state index >= 15 is 0 Å². The number of nitrogens with one attached hydrogen (secondary N) is 1. The van der Waals surface area contributed by atoms with Crippen LogP contribution in [0.15, 0.2) is 54.9 Å². The summed E-state index contributed by atoms with van der Waals surface area (Å²) in [6.07, 6.45) is 1.68. The summed E-state index contributed by atoms with van der Waals surface area (Å²) in [5.41, 5.74) is 3.98. The van der Waals surface area contributed by atoms with E-state index in [1.807, 2.05) is 60.0 Å². The number of carbonyl (C=O) groups is 1. The molecule has 4 rings (SSSR count). The Balaban J connectivity index is 1.52. The van der Waals surface area contributed by atoms with Gasteiger partial charge >= 0.3 is 0 Å². The quantitative estimate of drug-likeness (QED) is 0.767. The lowest BCUT2D eigenvalue weighted by atomic mass is 10.1. The van der Waals surface area contributed by atoms with Crippen LogP contribution in [-0.4, -0.2) is 22.6 Å². The summed E-state index contributed by atoms with van der Waals surface area (Å²) in [4.78, 5) is 17.1. The Morgan fingerprint density at radius 1 is 1.26 bits per heavy atom. The van der Waals surface area contributed by atoms with Crippen molar-refractivity contribution in [3.05, 3.63) is 77.4 Å². The van der Waals surface area contributed by atoms with Gasteiger partial charge in [0.1, 0.15) is 11.9 Å². The fourth-order valence-electron chi connectivity index (χ4n) is 3.27. The Morgan fingerprint density at radius 3 is 2.81 bits per heavy atom. The van der Waals surface area contributed by atoms with Crippen molar-refractivity contribution in [2.45, 2.75) is 26.2 Å². The molecule has 1 aliphatic rings. The van der Waals surface area contributed by atoms with Crippen LogP contribution in [0.3, 0.4) is 0 Å². The zero-order valence-corrected chi connectivity index (χ0v) is 15.3. The third-order valence-electron chi connectivity index (χ3n) is 4.80. The number of benzene rings is 2. The highest BCUT2D eigenvalue weighted by atomic mass is 16.5. The smallest absolute Gasteiger partial charge is 0.276 e. The number of rotatable bonds is 4. The number of ether oxygens (including phenoxy) is 2. The van der Waals surface area contributed by atoms with Crippen molar-refractivity contribution in [3.63, 3.8) is 0 Å². The van der Waals surface area contributed by atoms with Crippen molar-refractivity contribution in [2.75, 3.05) is 12.4 Å². The zero-order chi connectivity index (χ0) is 18.8. The van der Waals surface area contributed by atoms with Crippen molar-refractivity contribution in [2.24, 2.45) is 0 Å². The Labute approximate surface area is 157 Å². The highest BCUT2D eigenvalue weighted by molar-refractivity contribution is 6.04. The number of hydrogen-bond donors (Lipinski definition) is 1. The van der Waals surface area contributed by atoms with Gasteiger partial charge in [-0.3, -0.25) is 4.79 Å². The van der Waals surface area contributed by atoms with Crippen molar-refractivity contribution < 1.29 is 14.3 Å². The van der Waals surface area contributed by atoms with Gasteiger partial charge in [0.15, 0.2) is 5.69 Å². The molecular formula is C21H21N3O3. The van der Waals surface area contributed by atoms with Crippen LogP contribution in [0.2, 0.25) is 0 Å². The second kappa shape index (κ2) is 7.25. The predicted octanol–water partition coefficient (Wildman–Crippen LogP) is 3.72. The first kappa shape index (κ1) is 17.3. The average molecular weight is 363 g/mol. The number of imidazole rings is 1. The molecule has 1 atom stereocenters. The lowest BCUT2D eigenvalue weighted by Gasteiger charge is -2.25. The third-order valence-corrected chi connectivity index (χ3v) is 4.80. The van der Waals surface area contributed by atoms with Gasteiger partial charge in [-0.05, 0) is 36.2 Å². The van der Waals surface area contributed by atoms with Gasteiger partial charge in [-0.25, -0.2) is 4.98 Å². The fourth-order valence-corrected chi connectivity index (χ4v) is 3.27. The van der Waals surface area contributed by atoms with Gasteiger partial charge in [0.2, 0.25) is 0 Å². The van der Waals surface area contributed by atoms with Crippen molar-refractivity contribution >= 4 is 11.6 Å². The van der Waals surface area contributed by atoms with Crippen molar-refractivity contribution in [3.8, 4) is 5.75 Å². The molecule has 0 bridgehead atoms. The van der Waals surface area contributed by atoms with E-state index < -0.39 is 0 Å². The molecule has 1 aliphatic heterocycles. The van der Waals surface area contributed by atoms with Crippen LogP contribution in [0.4, 0.5) is 5.69 Å². The number of aromatic nitrogens is 2. The lowest BCUT2D eigenvalue weighted by Crippen LogP contribution is -2.23. The van der Waals surface area contributed by atoms with Crippen LogP contribution in [0.1, 0.15) is 33.4 Å². The molecule has 0 aliphatic carbocycles. The molecule has 2 heterocycles. The highest BCUT2D eigenvalue weighted by Crippen LogP contribution is 2.28. The van der Waals surface area contributed by atoms with Crippen LogP contribution in [0, 0.1) is 6.92 Å². The van der Waals surface area contributed by atoms with E-state index in [1.54, 1.807) is 13.4 Å². The number of hydrogen-bond acceptors (Lipinski definition) is 4. The van der Waals surface area contributed by atoms with Crippen LogP contribution < -0.4 is 10.1 Å². The molecule has 27 heavy (non-hydrogen) atoms. The average Bonchev–Trinajstić information content (AvgIpc) is 3.13. The molecule has 1 N–H and O–H groups in total. The molecule has 138 valence electrons. The minimum atomic E-state index is -0.237. The van der Waals surface area contributed by atoms with E-state index in [0.29, 0.717) is 18.8 Å². The molecule has 2 aromatic carbocycles. The number of anilines is 1. The van der Waals surface area contributed by atoms with Crippen LogP contribution >= 0.6 is 0 Å². The maximum Gasteiger partial charge on any atom is 0.276 e. The van der Waals surface area contributed by atoms with E-state index in [2.05, 4.69) is 10.3 Å². The van der Waals surface area contributed by atoms with Crippen molar-refractivity contribution in [1.82, 2.24) is 9.55 Å². The molecule has 6 heteroatoms. The van der Waals surface area contributed by atoms with E-state index in [1.165, 1.54) is 0 Å². The number of methoxy groups -OCH3 is 1. The normalized spacial score (nSPS) is 15.9. The Kier molecular flexibility index (Phi) is 4.64. The van der Waals surface area contributed by atoms with Gasteiger partial charge in [0, 0.05) is 5.69 Å². The van der Waals surface area contributed by atoms with Crippen LogP contribution in [0.5, 0.6) is 5.75 Å². The number of aryl methyl sites for hydroxylation is 1. The summed E-state index contributed by atoms with van der Waals surface area (Å²) >= 11 is 0. The van der Waals surface area contributed by atoms with Gasteiger partial charge in [-0.15, -0.1) is 0 Å². The number of fused-ring (bicyclic) bond motifs is 1. The molecule has 1 aromatic heterocycles. The molecule has 0 saturated carbocycles.